The number of carbonyl (C=O) groups is 2. The number of hydrogen-bond acceptors (Lipinski definition) is 8. The molecule has 0 aliphatic carbocycles. The molecule has 1 atom stereocenters. The Kier molecular flexibility index (Phi) is 27.2. The van der Waals surface area contributed by atoms with E-state index in [1.165, 1.54) is 51.4 Å². The molecule has 231 valence electrons. The second-order valence-corrected chi connectivity index (χ2v) is 10.1. The molecule has 0 amide bonds. The quantitative estimate of drug-likeness (QED) is 0.0555. The zero-order valence-corrected chi connectivity index (χ0v) is 25.7. The van der Waals surface area contributed by atoms with Crippen molar-refractivity contribution >= 4 is 12.1 Å². The summed E-state index contributed by atoms with van der Waals surface area (Å²) in [6, 6.07) is 0. The SMILES string of the molecule is [CH2]C(COC(=O)CCC(OCCCCCCCC)OCCCCCCCC)OC(=O)OCCCN(CC)CC. The second kappa shape index (κ2) is 28.2. The summed E-state index contributed by atoms with van der Waals surface area (Å²) in [6.07, 6.45) is 13.6. The average molecular weight is 559 g/mol. The Bertz CT molecular complexity index is 539. The van der Waals surface area contributed by atoms with E-state index in [0.29, 0.717) is 19.6 Å². The summed E-state index contributed by atoms with van der Waals surface area (Å²) in [5, 5.41) is 0. The number of hydrogen-bond donors (Lipinski definition) is 0. The predicted octanol–water partition coefficient (Wildman–Crippen LogP) is 7.48. The maximum absolute atomic E-state index is 12.3. The Hall–Kier alpha value is -1.38. The summed E-state index contributed by atoms with van der Waals surface area (Å²) in [5.41, 5.74) is 0. The lowest BCUT2D eigenvalue weighted by Gasteiger charge is -2.19. The molecule has 39 heavy (non-hydrogen) atoms. The van der Waals surface area contributed by atoms with Crippen molar-refractivity contribution in [1.82, 2.24) is 4.90 Å². The summed E-state index contributed by atoms with van der Waals surface area (Å²) < 4.78 is 27.3. The van der Waals surface area contributed by atoms with Crippen LogP contribution in [-0.4, -0.2) is 75.5 Å². The molecule has 0 aliphatic heterocycles. The van der Waals surface area contributed by atoms with Gasteiger partial charge >= 0.3 is 12.1 Å². The topological polar surface area (TPSA) is 83.5 Å². The Labute approximate surface area is 239 Å². The Balaban J connectivity index is 4.21. The Morgan fingerprint density at radius 3 is 1.77 bits per heavy atom. The van der Waals surface area contributed by atoms with E-state index in [2.05, 4.69) is 39.5 Å². The first-order chi connectivity index (χ1) is 19.0. The van der Waals surface area contributed by atoms with E-state index < -0.39 is 24.5 Å². The third-order valence-electron chi connectivity index (χ3n) is 6.61. The van der Waals surface area contributed by atoms with Gasteiger partial charge in [-0.15, -0.1) is 0 Å². The zero-order valence-electron chi connectivity index (χ0n) is 25.7. The molecule has 0 N–H and O–H groups in total. The van der Waals surface area contributed by atoms with E-state index in [0.717, 1.165) is 51.7 Å². The Morgan fingerprint density at radius 2 is 1.23 bits per heavy atom. The van der Waals surface area contributed by atoms with E-state index in [-0.39, 0.29) is 19.6 Å². The fourth-order valence-corrected chi connectivity index (χ4v) is 4.09. The van der Waals surface area contributed by atoms with Crippen LogP contribution in [-0.2, 0) is 28.5 Å². The number of esters is 1. The lowest BCUT2D eigenvalue weighted by Crippen LogP contribution is -2.26. The molecule has 0 bridgehead atoms. The first-order valence-electron chi connectivity index (χ1n) is 15.7. The predicted molar refractivity (Wildman–Crippen MR) is 157 cm³/mol. The molecule has 0 fully saturated rings. The maximum atomic E-state index is 12.3. The van der Waals surface area contributed by atoms with Crippen molar-refractivity contribution in [3.63, 3.8) is 0 Å². The average Bonchev–Trinajstić information content (AvgIpc) is 2.93. The minimum absolute atomic E-state index is 0.116. The van der Waals surface area contributed by atoms with Crippen LogP contribution in [0.1, 0.15) is 124 Å². The molecule has 8 heteroatoms. The maximum Gasteiger partial charge on any atom is 0.508 e. The fraction of sp³-hybridized carbons (Fsp3) is 0.903. The molecular formula is C31H60NO7. The summed E-state index contributed by atoms with van der Waals surface area (Å²) in [4.78, 5) is 26.4. The van der Waals surface area contributed by atoms with Crippen molar-refractivity contribution in [2.24, 2.45) is 0 Å². The van der Waals surface area contributed by atoms with Crippen LogP contribution >= 0.6 is 0 Å². The number of nitrogens with zero attached hydrogens (tertiary/aromatic N) is 1. The van der Waals surface area contributed by atoms with Gasteiger partial charge in [0.25, 0.3) is 0 Å². The Morgan fingerprint density at radius 1 is 0.692 bits per heavy atom. The lowest BCUT2D eigenvalue weighted by molar-refractivity contribution is -0.160. The van der Waals surface area contributed by atoms with Gasteiger partial charge in [0.2, 0.25) is 0 Å². The van der Waals surface area contributed by atoms with Crippen LogP contribution in [0.3, 0.4) is 0 Å². The second-order valence-electron chi connectivity index (χ2n) is 10.1. The molecule has 0 heterocycles. The van der Waals surface area contributed by atoms with Gasteiger partial charge in [0.1, 0.15) is 12.7 Å². The van der Waals surface area contributed by atoms with Crippen molar-refractivity contribution in [1.29, 1.82) is 0 Å². The molecule has 0 spiro atoms. The number of ether oxygens (including phenoxy) is 5. The van der Waals surface area contributed by atoms with Crippen molar-refractivity contribution in [2.45, 2.75) is 136 Å². The van der Waals surface area contributed by atoms with Crippen LogP contribution in [0, 0.1) is 6.92 Å². The zero-order chi connectivity index (χ0) is 29.0. The van der Waals surface area contributed by atoms with Gasteiger partial charge in [-0.1, -0.05) is 91.9 Å². The molecule has 0 saturated carbocycles. The molecule has 1 radical (unpaired) electrons. The normalized spacial score (nSPS) is 12.2. The highest BCUT2D eigenvalue weighted by molar-refractivity contribution is 5.69. The summed E-state index contributed by atoms with van der Waals surface area (Å²) in [7, 11) is 0. The summed E-state index contributed by atoms with van der Waals surface area (Å²) in [5.74, 6) is -0.392. The smallest absolute Gasteiger partial charge is 0.462 e. The van der Waals surface area contributed by atoms with Gasteiger partial charge in [0.15, 0.2) is 6.29 Å². The summed E-state index contributed by atoms with van der Waals surface area (Å²) in [6.45, 7) is 16.6. The van der Waals surface area contributed by atoms with Crippen LogP contribution in [0.2, 0.25) is 0 Å². The van der Waals surface area contributed by atoms with Crippen molar-refractivity contribution in [2.75, 3.05) is 46.1 Å². The number of carbonyl (C=O) groups excluding carboxylic acids is 2. The van der Waals surface area contributed by atoms with Crippen LogP contribution in [0.5, 0.6) is 0 Å². The van der Waals surface area contributed by atoms with E-state index in [1.54, 1.807) is 0 Å². The van der Waals surface area contributed by atoms with Crippen molar-refractivity contribution < 1.29 is 33.3 Å². The molecule has 0 saturated heterocycles. The highest BCUT2D eigenvalue weighted by Crippen LogP contribution is 2.12. The van der Waals surface area contributed by atoms with Crippen LogP contribution in [0.4, 0.5) is 4.79 Å². The first-order valence-corrected chi connectivity index (χ1v) is 15.7. The molecule has 1 unspecified atom stereocenters. The minimum Gasteiger partial charge on any atom is -0.462 e. The highest BCUT2D eigenvalue weighted by atomic mass is 16.7. The summed E-state index contributed by atoms with van der Waals surface area (Å²) >= 11 is 0. The minimum atomic E-state index is -0.826. The molecule has 0 aromatic heterocycles. The van der Waals surface area contributed by atoms with E-state index in [4.69, 9.17) is 23.7 Å². The fourth-order valence-electron chi connectivity index (χ4n) is 4.09. The van der Waals surface area contributed by atoms with Crippen LogP contribution in [0.15, 0.2) is 0 Å². The van der Waals surface area contributed by atoms with Crippen LogP contribution < -0.4 is 0 Å². The number of unbranched alkanes of at least 4 members (excludes halogenated alkanes) is 10. The van der Waals surface area contributed by atoms with Crippen LogP contribution in [0.25, 0.3) is 0 Å². The van der Waals surface area contributed by atoms with Gasteiger partial charge in [0.05, 0.1) is 13.0 Å². The number of rotatable bonds is 28. The van der Waals surface area contributed by atoms with E-state index >= 15 is 0 Å². The molecule has 0 aromatic rings. The van der Waals surface area contributed by atoms with Gasteiger partial charge < -0.3 is 28.6 Å². The van der Waals surface area contributed by atoms with Gasteiger partial charge in [-0.2, -0.15) is 0 Å². The van der Waals surface area contributed by atoms with Gasteiger partial charge in [-0.3, -0.25) is 4.79 Å². The van der Waals surface area contributed by atoms with Crippen molar-refractivity contribution in [3.05, 3.63) is 6.92 Å². The van der Waals surface area contributed by atoms with Crippen molar-refractivity contribution in [3.8, 4) is 0 Å². The van der Waals surface area contributed by atoms with Gasteiger partial charge in [-0.05, 0) is 39.3 Å². The first kappa shape index (κ1) is 37.6. The monoisotopic (exact) mass is 558 g/mol. The van der Waals surface area contributed by atoms with E-state index in [1.807, 2.05) is 0 Å². The molecule has 8 nitrogen and oxygen atoms in total. The van der Waals surface area contributed by atoms with Gasteiger partial charge in [-0.25, -0.2) is 4.79 Å². The molecule has 0 aromatic carbocycles. The third kappa shape index (κ3) is 25.3. The largest absolute Gasteiger partial charge is 0.508 e. The standard InChI is InChI=1S/C31H60NO7/c1-6-10-12-14-16-18-24-35-30(36-25-19-17-15-13-11-7-2)22-21-29(33)38-27-28(5)39-31(34)37-26-20-23-32(8-3)9-4/h28,30H,5-27H2,1-4H3. The van der Waals surface area contributed by atoms with Gasteiger partial charge in [0, 0.05) is 26.2 Å². The lowest BCUT2D eigenvalue weighted by atomic mass is 10.1. The highest BCUT2D eigenvalue weighted by Gasteiger charge is 2.16. The molecular weight excluding hydrogens is 498 g/mol. The van der Waals surface area contributed by atoms with E-state index in [9.17, 15) is 9.59 Å². The third-order valence-corrected chi connectivity index (χ3v) is 6.61. The molecule has 0 rings (SSSR count). The molecule has 0 aliphatic rings.